The Hall–Kier alpha value is -1.35. The Labute approximate surface area is 103 Å². The molecular weight excluding hydrogens is 214 g/mol. The first-order valence-corrected chi connectivity index (χ1v) is 5.95. The summed E-state index contributed by atoms with van der Waals surface area (Å²) in [5, 5.41) is 12.1. The summed E-state index contributed by atoms with van der Waals surface area (Å²) in [4.78, 5) is 11.9. The number of rotatable bonds is 4. The number of hydrogen-bond acceptors (Lipinski definition) is 2. The molecule has 3 heteroatoms. The summed E-state index contributed by atoms with van der Waals surface area (Å²) in [6.45, 7) is 7.57. The van der Waals surface area contributed by atoms with Gasteiger partial charge in [0, 0.05) is 11.6 Å². The van der Waals surface area contributed by atoms with E-state index in [4.69, 9.17) is 0 Å². The van der Waals surface area contributed by atoms with E-state index in [0.717, 1.165) is 11.1 Å². The first kappa shape index (κ1) is 13.7. The molecule has 0 saturated carbocycles. The minimum Gasteiger partial charge on any atom is -0.393 e. The van der Waals surface area contributed by atoms with E-state index >= 15 is 0 Å². The molecule has 0 spiro atoms. The predicted octanol–water partition coefficient (Wildman–Crippen LogP) is 2.19. The molecule has 2 unspecified atom stereocenters. The van der Waals surface area contributed by atoms with E-state index in [9.17, 15) is 9.90 Å². The molecule has 2 N–H and O–H groups in total. The maximum absolute atomic E-state index is 11.9. The fraction of sp³-hybridized carbons (Fsp3) is 0.500. The Balaban J connectivity index is 2.69. The number of aliphatic hydroxyl groups excluding tert-OH is 1. The van der Waals surface area contributed by atoms with Gasteiger partial charge in [0.15, 0.2) is 0 Å². The minimum atomic E-state index is -0.399. The van der Waals surface area contributed by atoms with Crippen molar-refractivity contribution in [2.24, 2.45) is 0 Å². The molecule has 0 fully saturated rings. The van der Waals surface area contributed by atoms with Gasteiger partial charge in [0.05, 0.1) is 6.10 Å². The number of amides is 1. The van der Waals surface area contributed by atoms with Crippen molar-refractivity contribution in [3.8, 4) is 0 Å². The van der Waals surface area contributed by atoms with Gasteiger partial charge in [-0.3, -0.25) is 4.79 Å². The summed E-state index contributed by atoms with van der Waals surface area (Å²) in [5.74, 6) is -0.0787. The fourth-order valence-electron chi connectivity index (χ4n) is 1.98. The zero-order valence-electron chi connectivity index (χ0n) is 10.9. The van der Waals surface area contributed by atoms with Crippen molar-refractivity contribution in [3.05, 3.63) is 34.9 Å². The molecule has 1 aromatic rings. The van der Waals surface area contributed by atoms with E-state index in [2.05, 4.69) is 5.32 Å². The first-order chi connectivity index (χ1) is 7.88. The molecule has 0 aliphatic heterocycles. The highest BCUT2D eigenvalue weighted by Gasteiger charge is 2.12. The third kappa shape index (κ3) is 4.57. The van der Waals surface area contributed by atoms with Gasteiger partial charge in [0.2, 0.25) is 0 Å². The van der Waals surface area contributed by atoms with Crippen LogP contribution in [0.5, 0.6) is 0 Å². The number of aliphatic hydroxyl groups is 1. The van der Waals surface area contributed by atoms with E-state index in [1.54, 1.807) is 6.92 Å². The molecule has 0 aliphatic carbocycles. The standard InChI is InChI=1S/C14H21NO2/c1-9-5-10(2)7-13(6-9)14(17)15-11(3)8-12(4)16/h5-7,11-12,16H,8H2,1-4H3,(H,15,17). The lowest BCUT2D eigenvalue weighted by molar-refractivity contribution is 0.0923. The van der Waals surface area contributed by atoms with Crippen molar-refractivity contribution < 1.29 is 9.90 Å². The van der Waals surface area contributed by atoms with Gasteiger partial charge < -0.3 is 10.4 Å². The lowest BCUT2D eigenvalue weighted by atomic mass is 10.1. The van der Waals surface area contributed by atoms with Crippen molar-refractivity contribution in [3.63, 3.8) is 0 Å². The molecule has 2 atom stereocenters. The number of hydrogen-bond donors (Lipinski definition) is 2. The van der Waals surface area contributed by atoms with Crippen LogP contribution in [-0.4, -0.2) is 23.2 Å². The van der Waals surface area contributed by atoms with Crippen molar-refractivity contribution in [2.45, 2.75) is 46.3 Å². The van der Waals surface area contributed by atoms with Gasteiger partial charge in [-0.05, 0) is 46.2 Å². The lowest BCUT2D eigenvalue weighted by Crippen LogP contribution is -2.34. The molecule has 0 radical (unpaired) electrons. The highest BCUT2D eigenvalue weighted by atomic mass is 16.3. The average Bonchev–Trinajstić information content (AvgIpc) is 2.14. The number of carbonyl (C=O) groups is 1. The van der Waals surface area contributed by atoms with Crippen LogP contribution in [0.25, 0.3) is 0 Å². The molecule has 1 rings (SSSR count). The van der Waals surface area contributed by atoms with Crippen molar-refractivity contribution in [1.82, 2.24) is 5.32 Å². The summed E-state index contributed by atoms with van der Waals surface area (Å²) in [5.41, 5.74) is 2.84. The molecule has 0 aromatic heterocycles. The van der Waals surface area contributed by atoms with E-state index in [1.807, 2.05) is 39.0 Å². The van der Waals surface area contributed by atoms with E-state index in [0.29, 0.717) is 12.0 Å². The molecular formula is C14H21NO2. The molecule has 94 valence electrons. The van der Waals surface area contributed by atoms with Crippen LogP contribution in [0.4, 0.5) is 0 Å². The SMILES string of the molecule is Cc1cc(C)cc(C(=O)NC(C)CC(C)O)c1. The molecule has 1 aromatic carbocycles. The number of aryl methyl sites for hydroxylation is 2. The zero-order valence-corrected chi connectivity index (χ0v) is 10.9. The Morgan fingerprint density at radius 1 is 1.24 bits per heavy atom. The van der Waals surface area contributed by atoms with Crippen LogP contribution >= 0.6 is 0 Å². The zero-order chi connectivity index (χ0) is 13.0. The van der Waals surface area contributed by atoms with Gasteiger partial charge in [-0.1, -0.05) is 17.2 Å². The van der Waals surface area contributed by atoms with Crippen LogP contribution in [0.15, 0.2) is 18.2 Å². The second kappa shape index (κ2) is 5.82. The minimum absolute atomic E-state index is 0.0247. The summed E-state index contributed by atoms with van der Waals surface area (Å²) in [7, 11) is 0. The number of nitrogens with one attached hydrogen (secondary N) is 1. The highest BCUT2D eigenvalue weighted by molar-refractivity contribution is 5.94. The van der Waals surface area contributed by atoms with Gasteiger partial charge in [-0.15, -0.1) is 0 Å². The quantitative estimate of drug-likeness (QED) is 0.840. The molecule has 0 saturated heterocycles. The Kier molecular flexibility index (Phi) is 4.70. The van der Waals surface area contributed by atoms with Crippen molar-refractivity contribution >= 4 is 5.91 Å². The number of carbonyl (C=O) groups excluding carboxylic acids is 1. The first-order valence-electron chi connectivity index (χ1n) is 5.95. The van der Waals surface area contributed by atoms with Crippen molar-refractivity contribution in [1.29, 1.82) is 0 Å². The summed E-state index contributed by atoms with van der Waals surface area (Å²) >= 11 is 0. The molecule has 17 heavy (non-hydrogen) atoms. The molecule has 0 aliphatic rings. The Bertz CT molecular complexity index is 379. The van der Waals surface area contributed by atoms with Gasteiger partial charge >= 0.3 is 0 Å². The van der Waals surface area contributed by atoms with Crippen LogP contribution in [0.2, 0.25) is 0 Å². The second-order valence-electron chi connectivity index (χ2n) is 4.84. The van der Waals surface area contributed by atoms with Gasteiger partial charge in [-0.2, -0.15) is 0 Å². The molecule has 0 bridgehead atoms. The third-order valence-corrected chi connectivity index (χ3v) is 2.56. The maximum Gasteiger partial charge on any atom is 0.251 e. The van der Waals surface area contributed by atoms with E-state index < -0.39 is 6.10 Å². The maximum atomic E-state index is 11.9. The summed E-state index contributed by atoms with van der Waals surface area (Å²) in [6, 6.07) is 5.76. The van der Waals surface area contributed by atoms with Crippen molar-refractivity contribution in [2.75, 3.05) is 0 Å². The van der Waals surface area contributed by atoms with Crippen LogP contribution in [0.1, 0.15) is 41.8 Å². The predicted molar refractivity (Wildman–Crippen MR) is 69.1 cm³/mol. The summed E-state index contributed by atoms with van der Waals surface area (Å²) in [6.07, 6.45) is 0.167. The van der Waals surface area contributed by atoms with Crippen LogP contribution in [-0.2, 0) is 0 Å². The van der Waals surface area contributed by atoms with Crippen LogP contribution < -0.4 is 5.32 Å². The smallest absolute Gasteiger partial charge is 0.251 e. The lowest BCUT2D eigenvalue weighted by Gasteiger charge is -2.15. The second-order valence-corrected chi connectivity index (χ2v) is 4.84. The molecule has 1 amide bonds. The van der Waals surface area contributed by atoms with Crippen LogP contribution in [0.3, 0.4) is 0 Å². The fourth-order valence-corrected chi connectivity index (χ4v) is 1.98. The monoisotopic (exact) mass is 235 g/mol. The Morgan fingerprint density at radius 3 is 2.24 bits per heavy atom. The Morgan fingerprint density at radius 2 is 1.76 bits per heavy atom. The topological polar surface area (TPSA) is 49.3 Å². The van der Waals surface area contributed by atoms with E-state index in [-0.39, 0.29) is 11.9 Å². The molecule has 0 heterocycles. The normalized spacial score (nSPS) is 14.2. The average molecular weight is 235 g/mol. The van der Waals surface area contributed by atoms with E-state index in [1.165, 1.54) is 0 Å². The summed E-state index contributed by atoms with van der Waals surface area (Å²) < 4.78 is 0. The van der Waals surface area contributed by atoms with Gasteiger partial charge in [-0.25, -0.2) is 0 Å². The highest BCUT2D eigenvalue weighted by Crippen LogP contribution is 2.09. The molecule has 3 nitrogen and oxygen atoms in total. The van der Waals surface area contributed by atoms with Gasteiger partial charge in [0.1, 0.15) is 0 Å². The van der Waals surface area contributed by atoms with Gasteiger partial charge in [0.25, 0.3) is 5.91 Å². The largest absolute Gasteiger partial charge is 0.393 e. The van der Waals surface area contributed by atoms with Crippen LogP contribution in [0, 0.1) is 13.8 Å². The number of benzene rings is 1. The third-order valence-electron chi connectivity index (χ3n) is 2.56.